The zero-order valence-corrected chi connectivity index (χ0v) is 23.1. The number of halogens is 2. The number of hydrogen-bond acceptors (Lipinski definition) is 4. The van der Waals surface area contributed by atoms with E-state index in [1.54, 1.807) is 23.1 Å². The molecule has 3 amide bonds. The van der Waals surface area contributed by atoms with Crippen LogP contribution in [0.2, 0.25) is 10.0 Å². The van der Waals surface area contributed by atoms with Crippen LogP contribution in [-0.4, -0.2) is 52.5 Å². The van der Waals surface area contributed by atoms with Crippen LogP contribution in [0, 0.1) is 17.8 Å². The highest BCUT2D eigenvalue weighted by Gasteiger charge is 2.73. The van der Waals surface area contributed by atoms with Crippen molar-refractivity contribution in [3.05, 3.63) is 40.4 Å². The molecule has 2 saturated heterocycles. The fraction of sp³-hybridized carbons (Fsp3) is 0.621. The number of rotatable bonds is 5. The lowest BCUT2D eigenvalue weighted by Crippen LogP contribution is -2.58. The molecule has 3 heterocycles. The van der Waals surface area contributed by atoms with E-state index in [1.807, 2.05) is 12.2 Å². The molecule has 0 aromatic heterocycles. The van der Waals surface area contributed by atoms with Crippen molar-refractivity contribution in [3.63, 3.8) is 0 Å². The summed E-state index contributed by atoms with van der Waals surface area (Å²) in [4.78, 5) is 43.7. The van der Waals surface area contributed by atoms with Crippen molar-refractivity contribution in [1.29, 1.82) is 0 Å². The van der Waals surface area contributed by atoms with Gasteiger partial charge in [-0.3, -0.25) is 14.4 Å². The fourth-order valence-electron chi connectivity index (χ4n) is 7.50. The van der Waals surface area contributed by atoms with Crippen LogP contribution < -0.4 is 10.6 Å². The van der Waals surface area contributed by atoms with Crippen molar-refractivity contribution in [1.82, 2.24) is 10.2 Å². The molecule has 2 N–H and O–H groups in total. The highest BCUT2D eigenvalue weighted by atomic mass is 35.5. The van der Waals surface area contributed by atoms with E-state index in [0.717, 1.165) is 51.4 Å². The Morgan fingerprint density at radius 2 is 1.66 bits per heavy atom. The number of fused-ring (bicyclic) bond motifs is 1. The molecule has 7 nitrogen and oxygen atoms in total. The van der Waals surface area contributed by atoms with Crippen LogP contribution in [0.15, 0.2) is 30.4 Å². The molecule has 3 unspecified atom stereocenters. The summed E-state index contributed by atoms with van der Waals surface area (Å²) in [5.74, 6) is -1.53. The van der Waals surface area contributed by atoms with Gasteiger partial charge in [0.1, 0.15) is 11.6 Å². The normalized spacial score (nSPS) is 36.4. The second kappa shape index (κ2) is 10.1. The van der Waals surface area contributed by atoms with Crippen LogP contribution >= 0.6 is 23.2 Å². The van der Waals surface area contributed by atoms with Gasteiger partial charge in [-0.2, -0.15) is 0 Å². The lowest BCUT2D eigenvalue weighted by atomic mass is 9.74. The molecular weight excluding hydrogens is 525 g/mol. The molecule has 6 rings (SSSR count). The minimum absolute atomic E-state index is 0.0349. The fourth-order valence-corrected chi connectivity index (χ4v) is 8.03. The zero-order valence-electron chi connectivity index (χ0n) is 21.6. The third-order valence-corrected chi connectivity index (χ3v) is 9.76. The smallest absolute Gasteiger partial charge is 0.246 e. The molecule has 1 aromatic rings. The number of nitrogens with one attached hydrogen (secondary N) is 2. The van der Waals surface area contributed by atoms with Crippen molar-refractivity contribution in [2.45, 2.75) is 94.5 Å². The van der Waals surface area contributed by atoms with Gasteiger partial charge >= 0.3 is 0 Å². The second-order valence-corrected chi connectivity index (χ2v) is 12.7. The summed E-state index contributed by atoms with van der Waals surface area (Å²) in [5, 5.41) is 6.98. The Bertz CT molecular complexity index is 1140. The number of ether oxygens (including phenoxy) is 1. The molecule has 2 saturated carbocycles. The number of likely N-dealkylation sites (tertiary alicyclic amines) is 1. The molecule has 5 atom stereocenters. The molecule has 5 aliphatic rings. The van der Waals surface area contributed by atoms with E-state index in [-0.39, 0.29) is 29.8 Å². The predicted molar refractivity (Wildman–Crippen MR) is 146 cm³/mol. The average molecular weight is 561 g/mol. The van der Waals surface area contributed by atoms with Gasteiger partial charge in [-0.1, -0.05) is 61.5 Å². The van der Waals surface area contributed by atoms with Gasteiger partial charge in [0.15, 0.2) is 0 Å². The third-order valence-electron chi connectivity index (χ3n) is 9.32. The summed E-state index contributed by atoms with van der Waals surface area (Å²) in [5.41, 5.74) is -0.680. The Morgan fingerprint density at radius 1 is 0.974 bits per heavy atom. The van der Waals surface area contributed by atoms with E-state index in [4.69, 9.17) is 27.9 Å². The van der Waals surface area contributed by atoms with Gasteiger partial charge in [0, 0.05) is 27.8 Å². The van der Waals surface area contributed by atoms with Crippen LogP contribution in [-0.2, 0) is 19.1 Å². The van der Waals surface area contributed by atoms with Crippen molar-refractivity contribution in [3.8, 4) is 0 Å². The molecule has 3 aliphatic heterocycles. The van der Waals surface area contributed by atoms with Gasteiger partial charge in [-0.25, -0.2) is 0 Å². The number of nitrogens with zero attached hydrogens (tertiary/aromatic N) is 1. The maximum absolute atomic E-state index is 14.2. The molecule has 0 radical (unpaired) electrons. The summed E-state index contributed by atoms with van der Waals surface area (Å²) in [7, 11) is 0. The summed E-state index contributed by atoms with van der Waals surface area (Å²) in [6.07, 6.45) is 12.2. The topological polar surface area (TPSA) is 87.7 Å². The van der Waals surface area contributed by atoms with Crippen LogP contribution in [0.1, 0.15) is 64.7 Å². The first-order chi connectivity index (χ1) is 18.3. The van der Waals surface area contributed by atoms with Gasteiger partial charge in [0.25, 0.3) is 0 Å². The van der Waals surface area contributed by atoms with Crippen molar-refractivity contribution < 1.29 is 19.1 Å². The molecule has 1 aromatic carbocycles. The molecule has 1 spiro atoms. The van der Waals surface area contributed by atoms with Gasteiger partial charge in [0.2, 0.25) is 17.7 Å². The summed E-state index contributed by atoms with van der Waals surface area (Å²) in [6, 6.07) is 4.14. The molecule has 4 fully saturated rings. The molecular formula is C29H35Cl2N3O4. The Labute approximate surface area is 233 Å². The molecule has 38 heavy (non-hydrogen) atoms. The van der Waals surface area contributed by atoms with Crippen LogP contribution in [0.25, 0.3) is 0 Å². The minimum atomic E-state index is -1.14. The Balaban J connectivity index is 1.32. The number of amides is 3. The summed E-state index contributed by atoms with van der Waals surface area (Å²) >= 11 is 12.3. The number of carbonyl (C=O) groups excluding carboxylic acids is 3. The maximum Gasteiger partial charge on any atom is 0.246 e. The van der Waals surface area contributed by atoms with Crippen molar-refractivity contribution in [2.24, 2.45) is 17.8 Å². The predicted octanol–water partition coefficient (Wildman–Crippen LogP) is 5.11. The first-order valence-corrected chi connectivity index (χ1v) is 14.8. The van der Waals surface area contributed by atoms with Gasteiger partial charge in [-0.05, 0) is 62.6 Å². The number of hydrogen-bond donors (Lipinski definition) is 2. The largest absolute Gasteiger partial charge is 0.359 e. The Kier molecular flexibility index (Phi) is 6.98. The number of carbonyl (C=O) groups is 3. The molecule has 2 bridgehead atoms. The Morgan fingerprint density at radius 3 is 2.34 bits per heavy atom. The number of anilines is 1. The summed E-state index contributed by atoms with van der Waals surface area (Å²) in [6.45, 7) is 2.23. The van der Waals surface area contributed by atoms with Crippen LogP contribution in [0.3, 0.4) is 0 Å². The highest BCUT2D eigenvalue weighted by molar-refractivity contribution is 6.35. The molecule has 204 valence electrons. The van der Waals surface area contributed by atoms with Gasteiger partial charge in [0.05, 0.1) is 17.9 Å². The molecule has 9 heteroatoms. The van der Waals surface area contributed by atoms with Crippen LogP contribution in [0.5, 0.6) is 0 Å². The lowest BCUT2D eigenvalue weighted by Gasteiger charge is -2.40. The third kappa shape index (κ3) is 4.44. The minimum Gasteiger partial charge on any atom is -0.359 e. The standard InChI is InChI=1S/C29H35Cl2N3O4/c1-16-7-9-21(10-8-16)34-25(27(36)32-19-5-3-2-4-6-19)29-12-11-22(38-29)23(24(29)28(34)37)26(35)33-20-14-17(30)13-18(31)15-20/h11-16,19,21-25H,2-10H2,1H3,(H,32,36)(H,33,35)/t16?,21?,22-,23?,24-,25?,29?/m0/s1. The van der Waals surface area contributed by atoms with Gasteiger partial charge < -0.3 is 20.3 Å². The van der Waals surface area contributed by atoms with Crippen molar-refractivity contribution in [2.75, 3.05) is 5.32 Å². The van der Waals surface area contributed by atoms with Crippen LogP contribution in [0.4, 0.5) is 5.69 Å². The van der Waals surface area contributed by atoms with Gasteiger partial charge in [-0.15, -0.1) is 0 Å². The van der Waals surface area contributed by atoms with E-state index in [2.05, 4.69) is 17.6 Å². The number of benzene rings is 1. The van der Waals surface area contributed by atoms with E-state index < -0.39 is 29.6 Å². The first kappa shape index (κ1) is 26.1. The average Bonchev–Trinajstić information content (AvgIpc) is 3.52. The SMILES string of the molecule is CC1CCC(N2C(=O)[C@@H]3C(C(=O)Nc4cc(Cl)cc(Cl)c4)[C@@H]4C=CC3(O4)C2C(=O)NC2CCCCC2)CC1. The molecule has 2 aliphatic carbocycles. The van der Waals surface area contributed by atoms with Crippen molar-refractivity contribution >= 4 is 46.6 Å². The first-order valence-electron chi connectivity index (χ1n) is 14.0. The zero-order chi connectivity index (χ0) is 26.6. The Hall–Kier alpha value is -2.09. The van der Waals surface area contributed by atoms with E-state index in [9.17, 15) is 14.4 Å². The quantitative estimate of drug-likeness (QED) is 0.490. The monoisotopic (exact) mass is 559 g/mol. The summed E-state index contributed by atoms with van der Waals surface area (Å²) < 4.78 is 6.49. The highest BCUT2D eigenvalue weighted by Crippen LogP contribution is 2.56. The van der Waals surface area contributed by atoms with E-state index in [0.29, 0.717) is 21.7 Å². The van der Waals surface area contributed by atoms with E-state index in [1.165, 1.54) is 6.42 Å². The second-order valence-electron chi connectivity index (χ2n) is 11.9. The maximum atomic E-state index is 14.2. The van der Waals surface area contributed by atoms with E-state index >= 15 is 0 Å². The lowest BCUT2D eigenvalue weighted by molar-refractivity contribution is -0.145.